The number of nitrogens with one attached hydrogen (secondary N) is 1. The molecule has 0 fully saturated rings. The number of dihydropyridines is 1. The van der Waals surface area contributed by atoms with Crippen LogP contribution in [0.3, 0.4) is 0 Å². The second-order valence-corrected chi connectivity index (χ2v) is 9.19. The summed E-state index contributed by atoms with van der Waals surface area (Å²) in [6.45, 7) is 7.11. The van der Waals surface area contributed by atoms with Crippen LogP contribution in [0.5, 0.6) is 0 Å². The summed E-state index contributed by atoms with van der Waals surface area (Å²) < 4.78 is 81.6. The maximum Gasteiger partial charge on any atom is 0.418 e. The van der Waals surface area contributed by atoms with E-state index in [-0.39, 0.29) is 17.5 Å². The van der Waals surface area contributed by atoms with Crippen molar-refractivity contribution in [2.24, 2.45) is 11.8 Å². The van der Waals surface area contributed by atoms with Crippen molar-refractivity contribution in [3.8, 4) is 0 Å². The Kier molecular flexibility index (Phi) is 8.97. The van der Waals surface area contributed by atoms with Crippen LogP contribution in [0.1, 0.15) is 51.7 Å². The van der Waals surface area contributed by atoms with Gasteiger partial charge in [-0.05, 0) is 30.9 Å². The topological polar surface area (TPSA) is 64.6 Å². The molecule has 5 nitrogen and oxygen atoms in total. The van der Waals surface area contributed by atoms with Crippen molar-refractivity contribution in [3.63, 3.8) is 0 Å². The molecular formula is C24H27ClF5NO4. The van der Waals surface area contributed by atoms with E-state index in [1.807, 2.05) is 0 Å². The van der Waals surface area contributed by atoms with Crippen molar-refractivity contribution in [2.45, 2.75) is 52.8 Å². The highest BCUT2D eigenvalue weighted by atomic mass is 35.5. The van der Waals surface area contributed by atoms with E-state index in [9.17, 15) is 27.2 Å². The SMILES string of the molecule is COC(=O)C1=C(CF)NC(C)=C(C(=O)OC(C(C)C)C(C)C)C1c1c(F)ccc(Cl)c1C(F)(F)F. The van der Waals surface area contributed by atoms with E-state index in [1.165, 1.54) is 6.92 Å². The van der Waals surface area contributed by atoms with Gasteiger partial charge in [0.2, 0.25) is 0 Å². The molecule has 0 radical (unpaired) electrons. The van der Waals surface area contributed by atoms with Crippen LogP contribution in [0.4, 0.5) is 22.0 Å². The monoisotopic (exact) mass is 523 g/mol. The van der Waals surface area contributed by atoms with Crippen molar-refractivity contribution in [1.29, 1.82) is 0 Å². The Labute approximate surface area is 205 Å². The maximum absolute atomic E-state index is 15.2. The molecule has 1 aromatic rings. The average Bonchev–Trinajstić information content (AvgIpc) is 2.75. The molecule has 35 heavy (non-hydrogen) atoms. The minimum atomic E-state index is -5.17. The first kappa shape index (κ1) is 28.6. The second-order valence-electron chi connectivity index (χ2n) is 8.79. The van der Waals surface area contributed by atoms with E-state index in [0.717, 1.165) is 7.11 Å². The van der Waals surface area contributed by atoms with Crippen LogP contribution >= 0.6 is 11.6 Å². The normalized spacial score (nSPS) is 16.8. The smallest absolute Gasteiger partial charge is 0.418 e. The molecule has 0 amide bonds. The van der Waals surface area contributed by atoms with Crippen LogP contribution in [-0.4, -0.2) is 31.8 Å². The zero-order valence-corrected chi connectivity index (χ0v) is 20.8. The van der Waals surface area contributed by atoms with Crippen molar-refractivity contribution in [2.75, 3.05) is 13.8 Å². The summed E-state index contributed by atoms with van der Waals surface area (Å²) in [5.74, 6) is -6.06. The summed E-state index contributed by atoms with van der Waals surface area (Å²) in [6.07, 6.45) is -5.82. The van der Waals surface area contributed by atoms with E-state index in [0.29, 0.717) is 12.1 Å². The number of rotatable bonds is 7. The number of benzene rings is 1. The third-order valence-electron chi connectivity index (χ3n) is 5.67. The quantitative estimate of drug-likeness (QED) is 0.347. The molecule has 0 aliphatic carbocycles. The Morgan fingerprint density at radius 3 is 2.11 bits per heavy atom. The predicted octanol–water partition coefficient (Wildman–Crippen LogP) is 6.08. The molecule has 1 aliphatic heterocycles. The van der Waals surface area contributed by atoms with Gasteiger partial charge in [-0.25, -0.2) is 18.4 Å². The van der Waals surface area contributed by atoms with Gasteiger partial charge in [-0.15, -0.1) is 0 Å². The van der Waals surface area contributed by atoms with Crippen molar-refractivity contribution < 1.29 is 41.0 Å². The lowest BCUT2D eigenvalue weighted by Crippen LogP contribution is -2.37. The van der Waals surface area contributed by atoms with Gasteiger partial charge in [0.15, 0.2) is 0 Å². The lowest BCUT2D eigenvalue weighted by molar-refractivity contribution is -0.150. The fourth-order valence-corrected chi connectivity index (χ4v) is 4.55. The van der Waals surface area contributed by atoms with Gasteiger partial charge < -0.3 is 14.8 Å². The third kappa shape index (κ3) is 5.79. The standard InChI is InChI=1S/C24H27ClF5NO4/c1-10(2)21(11(3)4)35-23(33)16-12(5)31-15(9-26)18(22(32)34-6)19(16)17-14(27)8-7-13(25)20(17)24(28,29)30/h7-8,10-11,19,21,31H,9H2,1-6H3. The van der Waals surface area contributed by atoms with Crippen molar-refractivity contribution >= 4 is 23.5 Å². The molecule has 1 heterocycles. The lowest BCUT2D eigenvalue weighted by Gasteiger charge is -2.34. The summed E-state index contributed by atoms with van der Waals surface area (Å²) in [6, 6.07) is 1.40. The third-order valence-corrected chi connectivity index (χ3v) is 5.99. The number of carbonyl (C=O) groups is 2. The van der Waals surface area contributed by atoms with Crippen LogP contribution in [-0.2, 0) is 25.2 Å². The number of esters is 2. The molecule has 0 bridgehead atoms. The van der Waals surface area contributed by atoms with E-state index in [2.05, 4.69) is 10.1 Å². The molecule has 2 rings (SSSR count). The Morgan fingerprint density at radius 2 is 1.66 bits per heavy atom. The van der Waals surface area contributed by atoms with E-state index in [1.54, 1.807) is 27.7 Å². The van der Waals surface area contributed by atoms with Crippen LogP contribution in [0, 0.1) is 17.7 Å². The number of ether oxygens (including phenoxy) is 2. The van der Waals surface area contributed by atoms with E-state index >= 15 is 4.39 Å². The largest absolute Gasteiger partial charge is 0.466 e. The summed E-state index contributed by atoms with van der Waals surface area (Å²) >= 11 is 5.83. The lowest BCUT2D eigenvalue weighted by atomic mass is 9.78. The highest BCUT2D eigenvalue weighted by molar-refractivity contribution is 6.31. The zero-order valence-electron chi connectivity index (χ0n) is 20.1. The van der Waals surface area contributed by atoms with Gasteiger partial charge in [0.1, 0.15) is 18.6 Å². The molecule has 0 aromatic heterocycles. The summed E-state index contributed by atoms with van der Waals surface area (Å²) in [5, 5.41) is 1.68. The van der Waals surface area contributed by atoms with E-state index < -0.39 is 75.6 Å². The maximum atomic E-state index is 15.2. The first-order valence-corrected chi connectivity index (χ1v) is 11.2. The Balaban J connectivity index is 2.92. The summed E-state index contributed by atoms with van der Waals surface area (Å²) in [7, 11) is 0.929. The highest BCUT2D eigenvalue weighted by Crippen LogP contribution is 2.48. The van der Waals surface area contributed by atoms with Crippen LogP contribution < -0.4 is 5.32 Å². The van der Waals surface area contributed by atoms with Gasteiger partial charge in [0.05, 0.1) is 40.5 Å². The molecule has 1 aromatic carbocycles. The first-order valence-electron chi connectivity index (χ1n) is 10.8. The highest BCUT2D eigenvalue weighted by Gasteiger charge is 2.47. The number of carbonyl (C=O) groups excluding carboxylic acids is 2. The molecule has 1 N–H and O–H groups in total. The molecule has 11 heteroatoms. The molecule has 0 spiro atoms. The van der Waals surface area contributed by atoms with Gasteiger partial charge in [0.25, 0.3) is 0 Å². The predicted molar refractivity (Wildman–Crippen MR) is 120 cm³/mol. The Bertz CT molecular complexity index is 1050. The van der Waals surface area contributed by atoms with Gasteiger partial charge >= 0.3 is 18.1 Å². The number of hydrogen-bond donors (Lipinski definition) is 1. The van der Waals surface area contributed by atoms with Crippen LogP contribution in [0.15, 0.2) is 34.7 Å². The first-order chi connectivity index (χ1) is 16.2. The summed E-state index contributed by atoms with van der Waals surface area (Å²) in [4.78, 5) is 26.1. The minimum Gasteiger partial charge on any atom is -0.466 e. The number of allylic oxidation sites excluding steroid dienone is 2. The molecule has 0 saturated heterocycles. The average molecular weight is 524 g/mol. The number of hydrogen-bond acceptors (Lipinski definition) is 5. The second kappa shape index (κ2) is 11.0. The fourth-order valence-electron chi connectivity index (χ4n) is 4.28. The number of alkyl halides is 4. The Morgan fingerprint density at radius 1 is 1.09 bits per heavy atom. The molecule has 0 saturated carbocycles. The van der Waals surface area contributed by atoms with Crippen molar-refractivity contribution in [1.82, 2.24) is 5.32 Å². The fraction of sp³-hybridized carbons (Fsp3) is 0.500. The van der Waals surface area contributed by atoms with Gasteiger partial charge in [0, 0.05) is 11.3 Å². The molecule has 1 atom stereocenters. The zero-order chi connectivity index (χ0) is 26.8. The molecule has 194 valence electrons. The number of halogens is 6. The number of methoxy groups -OCH3 is 1. The molecular weight excluding hydrogens is 497 g/mol. The van der Waals surface area contributed by atoms with Crippen molar-refractivity contribution in [3.05, 3.63) is 56.6 Å². The summed E-state index contributed by atoms with van der Waals surface area (Å²) in [5.41, 5.74) is -4.43. The molecule has 1 unspecified atom stereocenters. The minimum absolute atomic E-state index is 0.0981. The van der Waals surface area contributed by atoms with Gasteiger partial charge in [-0.1, -0.05) is 39.3 Å². The van der Waals surface area contributed by atoms with E-state index in [4.69, 9.17) is 16.3 Å². The Hall–Kier alpha value is -2.62. The van der Waals surface area contributed by atoms with Crippen LogP contribution in [0.2, 0.25) is 5.02 Å². The molecule has 1 aliphatic rings. The van der Waals surface area contributed by atoms with Crippen LogP contribution in [0.25, 0.3) is 0 Å². The van der Waals surface area contributed by atoms with Gasteiger partial charge in [-0.2, -0.15) is 13.2 Å². The van der Waals surface area contributed by atoms with Gasteiger partial charge in [-0.3, -0.25) is 0 Å².